The third-order valence-electron chi connectivity index (χ3n) is 4.22. The average molecular weight is 477 g/mol. The lowest BCUT2D eigenvalue weighted by Gasteiger charge is -2.15. The van der Waals surface area contributed by atoms with E-state index >= 15 is 0 Å². The lowest BCUT2D eigenvalue weighted by molar-refractivity contribution is 0.282. The second kappa shape index (κ2) is 10.4. The summed E-state index contributed by atoms with van der Waals surface area (Å²) in [6, 6.07) is 19.5. The van der Waals surface area contributed by atoms with Gasteiger partial charge in [-0.05, 0) is 82.5 Å². The van der Waals surface area contributed by atoms with E-state index in [2.05, 4.69) is 21.2 Å². The third kappa shape index (κ3) is 6.05. The van der Waals surface area contributed by atoms with E-state index in [1.165, 1.54) is 0 Å². The van der Waals surface area contributed by atoms with Crippen molar-refractivity contribution in [2.75, 3.05) is 19.0 Å². The van der Waals surface area contributed by atoms with E-state index < -0.39 is 0 Å². The van der Waals surface area contributed by atoms with Gasteiger partial charge in [0, 0.05) is 17.3 Å². The van der Waals surface area contributed by atoms with Crippen LogP contribution in [0.25, 0.3) is 0 Å². The van der Waals surface area contributed by atoms with Gasteiger partial charge in [-0.1, -0.05) is 23.7 Å². The molecule has 0 bridgehead atoms. The van der Waals surface area contributed by atoms with Gasteiger partial charge in [0.1, 0.15) is 12.4 Å². The van der Waals surface area contributed by atoms with Crippen LogP contribution in [0.1, 0.15) is 18.1 Å². The lowest BCUT2D eigenvalue weighted by Crippen LogP contribution is -2.03. The Labute approximate surface area is 184 Å². The van der Waals surface area contributed by atoms with Crippen molar-refractivity contribution < 1.29 is 14.2 Å². The van der Waals surface area contributed by atoms with Crippen LogP contribution in [-0.2, 0) is 13.2 Å². The van der Waals surface area contributed by atoms with Crippen LogP contribution in [0.5, 0.6) is 17.2 Å². The Morgan fingerprint density at radius 2 is 1.76 bits per heavy atom. The number of nitrogens with one attached hydrogen (secondary N) is 1. The van der Waals surface area contributed by atoms with Crippen molar-refractivity contribution in [2.45, 2.75) is 20.1 Å². The Kier molecular flexibility index (Phi) is 7.67. The molecule has 152 valence electrons. The predicted molar refractivity (Wildman–Crippen MR) is 121 cm³/mol. The first-order valence-corrected chi connectivity index (χ1v) is 10.5. The zero-order chi connectivity index (χ0) is 20.6. The molecule has 29 heavy (non-hydrogen) atoms. The van der Waals surface area contributed by atoms with Crippen molar-refractivity contribution in [1.29, 1.82) is 0 Å². The minimum atomic E-state index is 0.402. The third-order valence-corrected chi connectivity index (χ3v) is 5.05. The molecule has 0 aliphatic heterocycles. The molecule has 0 spiro atoms. The molecular formula is C23H23BrClNO3. The summed E-state index contributed by atoms with van der Waals surface area (Å²) < 4.78 is 17.8. The Morgan fingerprint density at radius 3 is 2.45 bits per heavy atom. The van der Waals surface area contributed by atoms with E-state index in [1.807, 2.05) is 67.6 Å². The highest BCUT2D eigenvalue weighted by molar-refractivity contribution is 9.10. The van der Waals surface area contributed by atoms with Crippen LogP contribution in [0, 0.1) is 0 Å². The molecular weight excluding hydrogens is 454 g/mol. The van der Waals surface area contributed by atoms with Gasteiger partial charge in [-0.2, -0.15) is 0 Å². The molecule has 6 heteroatoms. The maximum absolute atomic E-state index is 6.04. The highest BCUT2D eigenvalue weighted by Crippen LogP contribution is 2.37. The van der Waals surface area contributed by atoms with E-state index in [-0.39, 0.29) is 0 Å². The number of halogens is 2. The first-order valence-electron chi connectivity index (χ1n) is 9.29. The molecule has 0 unspecified atom stereocenters. The van der Waals surface area contributed by atoms with Crippen LogP contribution >= 0.6 is 27.5 Å². The molecule has 0 radical (unpaired) electrons. The quantitative estimate of drug-likeness (QED) is 0.373. The van der Waals surface area contributed by atoms with Gasteiger partial charge in [-0.3, -0.25) is 0 Å². The minimum Gasteiger partial charge on any atom is -0.494 e. The van der Waals surface area contributed by atoms with Crippen molar-refractivity contribution in [3.05, 3.63) is 81.3 Å². The van der Waals surface area contributed by atoms with Gasteiger partial charge in [0.15, 0.2) is 11.5 Å². The minimum absolute atomic E-state index is 0.402. The Hall–Kier alpha value is -2.37. The van der Waals surface area contributed by atoms with Crippen LogP contribution in [0.4, 0.5) is 5.69 Å². The summed E-state index contributed by atoms with van der Waals surface area (Å²) in [6.45, 7) is 3.68. The van der Waals surface area contributed by atoms with Gasteiger partial charge < -0.3 is 19.5 Å². The molecule has 0 aliphatic carbocycles. The normalized spacial score (nSPS) is 10.5. The van der Waals surface area contributed by atoms with Crippen LogP contribution in [0.2, 0.25) is 5.02 Å². The molecule has 0 saturated heterocycles. The Morgan fingerprint density at radius 1 is 0.966 bits per heavy atom. The molecule has 0 aromatic heterocycles. The predicted octanol–water partition coefficient (Wildman–Crippen LogP) is 6.70. The summed E-state index contributed by atoms with van der Waals surface area (Å²) in [5, 5.41) is 4.09. The molecule has 3 aromatic rings. The second-order valence-corrected chi connectivity index (χ2v) is 7.63. The van der Waals surface area contributed by atoms with Gasteiger partial charge in [0.05, 0.1) is 18.2 Å². The summed E-state index contributed by atoms with van der Waals surface area (Å²) in [4.78, 5) is 0. The molecule has 0 saturated carbocycles. The van der Waals surface area contributed by atoms with Crippen molar-refractivity contribution in [2.24, 2.45) is 0 Å². The Balaban J connectivity index is 1.67. The van der Waals surface area contributed by atoms with Crippen molar-refractivity contribution in [1.82, 2.24) is 0 Å². The zero-order valence-corrected chi connectivity index (χ0v) is 18.7. The van der Waals surface area contributed by atoms with Gasteiger partial charge in [0.25, 0.3) is 0 Å². The molecule has 0 atom stereocenters. The van der Waals surface area contributed by atoms with Gasteiger partial charge in [-0.15, -0.1) is 0 Å². The fourth-order valence-electron chi connectivity index (χ4n) is 2.84. The van der Waals surface area contributed by atoms with E-state index in [4.69, 9.17) is 25.8 Å². The van der Waals surface area contributed by atoms with E-state index in [0.717, 1.165) is 27.0 Å². The number of methoxy groups -OCH3 is 1. The van der Waals surface area contributed by atoms with Crippen molar-refractivity contribution >= 4 is 33.2 Å². The van der Waals surface area contributed by atoms with Crippen molar-refractivity contribution in [3.63, 3.8) is 0 Å². The summed E-state index contributed by atoms with van der Waals surface area (Å²) in [7, 11) is 1.64. The topological polar surface area (TPSA) is 39.7 Å². The molecule has 0 amide bonds. The first kappa shape index (κ1) is 21.3. The van der Waals surface area contributed by atoms with Crippen LogP contribution in [0.15, 0.2) is 65.1 Å². The SMILES string of the molecule is CCOc1ccc(NCc2cc(Br)c(OCc3cccc(Cl)c3)c(OC)c2)cc1. The first-order chi connectivity index (χ1) is 14.1. The maximum Gasteiger partial charge on any atom is 0.175 e. The maximum atomic E-state index is 6.04. The number of anilines is 1. The van der Waals surface area contributed by atoms with Gasteiger partial charge >= 0.3 is 0 Å². The van der Waals surface area contributed by atoms with Crippen molar-refractivity contribution in [3.8, 4) is 17.2 Å². The summed E-state index contributed by atoms with van der Waals surface area (Å²) in [5.41, 5.74) is 3.08. The van der Waals surface area contributed by atoms with E-state index in [0.29, 0.717) is 36.3 Å². The smallest absolute Gasteiger partial charge is 0.175 e. The zero-order valence-electron chi connectivity index (χ0n) is 16.4. The van der Waals surface area contributed by atoms with Gasteiger partial charge in [0.2, 0.25) is 0 Å². The number of rotatable bonds is 9. The van der Waals surface area contributed by atoms with E-state index in [9.17, 15) is 0 Å². The number of benzene rings is 3. The fourth-order valence-corrected chi connectivity index (χ4v) is 3.65. The number of hydrogen-bond donors (Lipinski definition) is 1. The van der Waals surface area contributed by atoms with Crippen LogP contribution in [-0.4, -0.2) is 13.7 Å². The summed E-state index contributed by atoms with van der Waals surface area (Å²) in [6.07, 6.45) is 0. The molecule has 3 aromatic carbocycles. The Bertz CT molecular complexity index is 947. The summed E-state index contributed by atoms with van der Waals surface area (Å²) in [5.74, 6) is 2.20. The molecule has 0 heterocycles. The number of ether oxygens (including phenoxy) is 3. The largest absolute Gasteiger partial charge is 0.494 e. The molecule has 1 N–H and O–H groups in total. The number of hydrogen-bond acceptors (Lipinski definition) is 4. The molecule has 4 nitrogen and oxygen atoms in total. The highest BCUT2D eigenvalue weighted by Gasteiger charge is 2.12. The average Bonchev–Trinajstić information content (AvgIpc) is 2.72. The fraction of sp³-hybridized carbons (Fsp3) is 0.217. The standard InChI is InChI=1S/C23H23BrClNO3/c1-3-28-20-9-7-19(8-10-20)26-14-17-12-21(24)23(22(13-17)27-2)29-15-16-5-4-6-18(25)11-16/h4-13,26H,3,14-15H2,1-2H3. The lowest BCUT2D eigenvalue weighted by atomic mass is 10.2. The summed E-state index contributed by atoms with van der Waals surface area (Å²) >= 11 is 9.65. The highest BCUT2D eigenvalue weighted by atomic mass is 79.9. The monoisotopic (exact) mass is 475 g/mol. The van der Waals surface area contributed by atoms with E-state index in [1.54, 1.807) is 7.11 Å². The molecule has 0 fully saturated rings. The van der Waals surface area contributed by atoms with Gasteiger partial charge in [-0.25, -0.2) is 0 Å². The van der Waals surface area contributed by atoms with Crippen LogP contribution in [0.3, 0.4) is 0 Å². The second-order valence-electron chi connectivity index (χ2n) is 6.34. The molecule has 3 rings (SSSR count). The molecule has 0 aliphatic rings. The van der Waals surface area contributed by atoms with Crippen LogP contribution < -0.4 is 19.5 Å².